The van der Waals surface area contributed by atoms with Crippen molar-refractivity contribution in [3.8, 4) is 0 Å². The van der Waals surface area contributed by atoms with Crippen LogP contribution in [0.1, 0.15) is 52.9 Å². The van der Waals surface area contributed by atoms with Crippen LogP contribution in [0.4, 0.5) is 5.69 Å². The van der Waals surface area contributed by atoms with Gasteiger partial charge in [-0.1, -0.05) is 55.4 Å². The summed E-state index contributed by atoms with van der Waals surface area (Å²) in [6.07, 6.45) is 0.646. The fourth-order valence-corrected chi connectivity index (χ4v) is 5.28. The summed E-state index contributed by atoms with van der Waals surface area (Å²) in [6.45, 7) is 6.27. The fourth-order valence-electron chi connectivity index (χ4n) is 4.34. The molecule has 1 aliphatic rings. The quantitative estimate of drug-likeness (QED) is 0.343. The van der Waals surface area contributed by atoms with Crippen molar-refractivity contribution in [1.29, 1.82) is 0 Å². The van der Waals surface area contributed by atoms with Crippen LogP contribution in [0.5, 0.6) is 0 Å². The highest BCUT2D eigenvalue weighted by Gasteiger charge is 2.25. The van der Waals surface area contributed by atoms with E-state index in [-0.39, 0.29) is 29.4 Å². The number of amides is 3. The Morgan fingerprint density at radius 2 is 1.82 bits per heavy atom. The van der Waals surface area contributed by atoms with E-state index >= 15 is 0 Å². The molecular weight excluding hydrogens is 552 g/mol. The molecule has 40 heavy (non-hydrogen) atoms. The second-order valence-corrected chi connectivity index (χ2v) is 11.2. The summed E-state index contributed by atoms with van der Waals surface area (Å²) in [6, 6.07) is 13.4. The summed E-state index contributed by atoms with van der Waals surface area (Å²) in [5.74, 6) is 0.345. The summed E-state index contributed by atoms with van der Waals surface area (Å²) in [4.78, 5) is 40.2. The van der Waals surface area contributed by atoms with Gasteiger partial charge in [0.05, 0.1) is 35.6 Å². The maximum absolute atomic E-state index is 13.0. The topological polar surface area (TPSA) is 118 Å². The molecule has 0 bridgehead atoms. The van der Waals surface area contributed by atoms with E-state index in [0.717, 1.165) is 0 Å². The lowest BCUT2D eigenvalue weighted by Gasteiger charge is -2.27. The molecule has 4 rings (SSSR count). The minimum atomic E-state index is -0.392. The highest BCUT2D eigenvalue weighted by atomic mass is 35.5. The number of halogens is 1. The van der Waals surface area contributed by atoms with E-state index < -0.39 is 6.04 Å². The second-order valence-electron chi connectivity index (χ2n) is 9.86. The van der Waals surface area contributed by atoms with Gasteiger partial charge in [0, 0.05) is 31.4 Å². The van der Waals surface area contributed by atoms with Gasteiger partial charge in [0.15, 0.2) is 11.0 Å². The zero-order chi connectivity index (χ0) is 28.6. The van der Waals surface area contributed by atoms with Crippen molar-refractivity contribution in [3.63, 3.8) is 0 Å². The lowest BCUT2D eigenvalue weighted by Crippen LogP contribution is -2.40. The number of morpholine rings is 1. The Morgan fingerprint density at radius 1 is 1.07 bits per heavy atom. The Labute approximate surface area is 242 Å². The lowest BCUT2D eigenvalue weighted by molar-refractivity contribution is -0.113. The van der Waals surface area contributed by atoms with Gasteiger partial charge in [0.25, 0.3) is 11.8 Å². The van der Waals surface area contributed by atoms with Crippen LogP contribution in [0.2, 0.25) is 5.02 Å². The van der Waals surface area contributed by atoms with Crippen molar-refractivity contribution in [3.05, 3.63) is 70.5 Å². The van der Waals surface area contributed by atoms with E-state index in [1.807, 2.05) is 7.05 Å². The van der Waals surface area contributed by atoms with Gasteiger partial charge < -0.3 is 24.8 Å². The molecule has 12 heteroatoms. The Bertz CT molecular complexity index is 1360. The number of thioether (sulfide) groups is 1. The number of carbonyl (C=O) groups excluding carboxylic acids is 3. The van der Waals surface area contributed by atoms with Crippen molar-refractivity contribution >= 4 is 46.8 Å². The second kappa shape index (κ2) is 13.8. The zero-order valence-corrected chi connectivity index (χ0v) is 24.3. The highest BCUT2D eigenvalue weighted by Crippen LogP contribution is 2.25. The number of aromatic nitrogens is 3. The predicted octanol–water partition coefficient (Wildman–Crippen LogP) is 4.19. The molecule has 212 valence electrons. The van der Waals surface area contributed by atoms with Crippen molar-refractivity contribution in [2.24, 2.45) is 13.0 Å². The third-order valence-corrected chi connectivity index (χ3v) is 7.68. The number of hydrogen-bond donors (Lipinski definition) is 2. The molecule has 0 spiro atoms. The smallest absolute Gasteiger partial charge is 0.254 e. The number of nitrogens with one attached hydrogen (secondary N) is 2. The van der Waals surface area contributed by atoms with Gasteiger partial charge in [0.2, 0.25) is 5.91 Å². The van der Waals surface area contributed by atoms with E-state index in [0.29, 0.717) is 65.5 Å². The molecule has 2 N–H and O–H groups in total. The van der Waals surface area contributed by atoms with Crippen molar-refractivity contribution < 1.29 is 19.1 Å². The maximum atomic E-state index is 13.0. The summed E-state index contributed by atoms with van der Waals surface area (Å²) in [7, 11) is 1.81. The maximum Gasteiger partial charge on any atom is 0.254 e. The molecule has 1 fully saturated rings. The van der Waals surface area contributed by atoms with Crippen molar-refractivity contribution in [2.45, 2.75) is 31.5 Å². The molecule has 1 atom stereocenters. The monoisotopic (exact) mass is 584 g/mol. The van der Waals surface area contributed by atoms with Gasteiger partial charge in [0.1, 0.15) is 0 Å². The number of carbonyl (C=O) groups is 3. The Kier molecular flexibility index (Phi) is 10.2. The lowest BCUT2D eigenvalue weighted by atomic mass is 10.0. The standard InChI is InChI=1S/C28H33ClN6O4S/c1-18(2)15-23(31-26(37)21-9-4-5-10-22(21)29)25-32-33-28(34(25)3)40-17-24(36)30-20-8-6-7-19(16-20)27(38)35-11-13-39-14-12-35/h4-10,16,18,23H,11-15,17H2,1-3H3,(H,30,36)(H,31,37)/t23-/m1/s1. The van der Waals surface area contributed by atoms with E-state index in [9.17, 15) is 14.4 Å². The number of anilines is 1. The molecular formula is C28H33ClN6O4S. The molecule has 1 saturated heterocycles. The Hall–Kier alpha value is -3.41. The van der Waals surface area contributed by atoms with Crippen LogP contribution in [0.15, 0.2) is 53.7 Å². The first kappa shape index (κ1) is 29.6. The van der Waals surface area contributed by atoms with E-state index in [2.05, 4.69) is 34.7 Å². The molecule has 0 unspecified atom stereocenters. The van der Waals surface area contributed by atoms with Gasteiger partial charge in [-0.3, -0.25) is 14.4 Å². The minimum absolute atomic E-state index is 0.0852. The molecule has 2 aromatic carbocycles. The van der Waals surface area contributed by atoms with E-state index in [1.165, 1.54) is 11.8 Å². The van der Waals surface area contributed by atoms with Gasteiger partial charge in [-0.05, 0) is 42.7 Å². The summed E-state index contributed by atoms with van der Waals surface area (Å²) in [5.41, 5.74) is 1.45. The van der Waals surface area contributed by atoms with E-state index in [1.54, 1.807) is 58.0 Å². The largest absolute Gasteiger partial charge is 0.378 e. The third kappa shape index (κ3) is 7.61. The van der Waals surface area contributed by atoms with Crippen LogP contribution in [-0.4, -0.2) is 69.4 Å². The van der Waals surface area contributed by atoms with Crippen molar-refractivity contribution in [2.75, 3.05) is 37.4 Å². The first-order valence-corrected chi connectivity index (χ1v) is 14.4. The van der Waals surface area contributed by atoms with Crippen molar-refractivity contribution in [1.82, 2.24) is 25.0 Å². The first-order chi connectivity index (χ1) is 19.2. The first-order valence-electron chi connectivity index (χ1n) is 13.1. The number of hydrogen-bond acceptors (Lipinski definition) is 7. The molecule has 0 radical (unpaired) electrons. The number of nitrogens with zero attached hydrogens (tertiary/aromatic N) is 4. The summed E-state index contributed by atoms with van der Waals surface area (Å²) in [5, 5.41) is 15.4. The average Bonchev–Trinajstić information content (AvgIpc) is 3.31. The molecule has 0 aliphatic carbocycles. The number of benzene rings is 2. The van der Waals surface area contributed by atoms with Gasteiger partial charge >= 0.3 is 0 Å². The Balaban J connectivity index is 1.38. The molecule has 0 saturated carbocycles. The average molecular weight is 585 g/mol. The predicted molar refractivity (Wildman–Crippen MR) is 155 cm³/mol. The van der Waals surface area contributed by atoms with Crippen LogP contribution in [0.3, 0.4) is 0 Å². The van der Waals surface area contributed by atoms with Crippen LogP contribution in [-0.2, 0) is 16.6 Å². The molecule has 1 aromatic heterocycles. The van der Waals surface area contributed by atoms with E-state index in [4.69, 9.17) is 16.3 Å². The number of rotatable bonds is 10. The van der Waals surface area contributed by atoms with Crippen LogP contribution < -0.4 is 10.6 Å². The van der Waals surface area contributed by atoms with Gasteiger partial charge in [-0.2, -0.15) is 0 Å². The fraction of sp³-hybridized carbons (Fsp3) is 0.393. The van der Waals surface area contributed by atoms with Gasteiger partial charge in [-0.15, -0.1) is 10.2 Å². The summed E-state index contributed by atoms with van der Waals surface area (Å²) >= 11 is 7.46. The zero-order valence-electron chi connectivity index (χ0n) is 22.7. The molecule has 3 aromatic rings. The SMILES string of the molecule is CC(C)C[C@@H](NC(=O)c1ccccc1Cl)c1nnc(SCC(=O)Nc2cccc(C(=O)N3CCOCC3)c2)n1C. The third-order valence-electron chi connectivity index (χ3n) is 6.34. The molecule has 10 nitrogen and oxygen atoms in total. The van der Waals surface area contributed by atoms with Crippen LogP contribution in [0, 0.1) is 5.92 Å². The number of ether oxygens (including phenoxy) is 1. The van der Waals surface area contributed by atoms with Crippen LogP contribution in [0.25, 0.3) is 0 Å². The molecule has 1 aliphatic heterocycles. The molecule has 2 heterocycles. The summed E-state index contributed by atoms with van der Waals surface area (Å²) < 4.78 is 7.11. The Morgan fingerprint density at radius 3 is 2.55 bits per heavy atom. The van der Waals surface area contributed by atoms with Gasteiger partial charge in [-0.25, -0.2) is 0 Å². The molecule has 3 amide bonds. The minimum Gasteiger partial charge on any atom is -0.378 e. The van der Waals surface area contributed by atoms with Crippen LogP contribution >= 0.6 is 23.4 Å². The highest BCUT2D eigenvalue weighted by molar-refractivity contribution is 7.99. The normalized spacial score (nSPS) is 14.2.